The quantitative estimate of drug-likeness (QED) is 0.498. The fourth-order valence-electron chi connectivity index (χ4n) is 4.07. The summed E-state index contributed by atoms with van der Waals surface area (Å²) in [4.78, 5) is 9.39. The predicted molar refractivity (Wildman–Crippen MR) is 145 cm³/mol. The molecular weight excluding hydrogens is 396 g/mol. The van der Waals surface area contributed by atoms with Crippen LogP contribution in [0.4, 0.5) is 0 Å². The van der Waals surface area contributed by atoms with Crippen LogP contribution >= 0.6 is 0 Å². The smallest absolute Gasteiger partial charge is 0.0569 e. The lowest BCUT2D eigenvalue weighted by Crippen LogP contribution is -2.64. The van der Waals surface area contributed by atoms with Gasteiger partial charge in [0.15, 0.2) is 0 Å². The van der Waals surface area contributed by atoms with Crippen LogP contribution in [-0.4, -0.2) is 113 Å². The Bertz CT molecular complexity index is 353. The molecule has 0 N–H and O–H groups in total. The van der Waals surface area contributed by atoms with Crippen LogP contribution in [-0.2, 0) is 4.74 Å². The van der Waals surface area contributed by atoms with E-state index in [-0.39, 0.29) is 0 Å². The molecule has 5 saturated heterocycles. The Morgan fingerprint density at radius 3 is 0.844 bits per heavy atom. The Morgan fingerprint density at radius 2 is 0.750 bits per heavy atom. The second-order valence-electron chi connectivity index (χ2n) is 9.20. The normalized spacial score (nSPS) is 23.4. The van der Waals surface area contributed by atoms with Gasteiger partial charge in [0, 0.05) is 18.5 Å². The molecule has 5 aliphatic rings. The molecule has 0 radical (unpaired) electrons. The summed E-state index contributed by atoms with van der Waals surface area (Å²) in [7, 11) is 8.67. The molecule has 5 aliphatic heterocycles. The molecule has 5 heteroatoms. The lowest BCUT2D eigenvalue weighted by molar-refractivity contribution is -0.182. The Labute approximate surface area is 203 Å². The molecule has 5 nitrogen and oxygen atoms in total. The van der Waals surface area contributed by atoms with Gasteiger partial charge in [-0.2, -0.15) is 0 Å². The number of hydrogen-bond acceptors (Lipinski definition) is 5. The molecule has 0 saturated carbocycles. The second kappa shape index (κ2) is 22.6. The van der Waals surface area contributed by atoms with Crippen molar-refractivity contribution in [3.63, 3.8) is 0 Å². The molecule has 5 heterocycles. The van der Waals surface area contributed by atoms with E-state index in [9.17, 15) is 0 Å². The van der Waals surface area contributed by atoms with Crippen molar-refractivity contribution in [1.82, 2.24) is 19.6 Å². The zero-order valence-corrected chi connectivity index (χ0v) is 24.0. The van der Waals surface area contributed by atoms with E-state index >= 15 is 0 Å². The summed E-state index contributed by atoms with van der Waals surface area (Å²) in [5, 5.41) is 0. The number of nitrogens with zero attached hydrogens (tertiary/aromatic N) is 4. The summed E-state index contributed by atoms with van der Waals surface area (Å²) >= 11 is 0. The monoisotopic (exact) mass is 458 g/mol. The van der Waals surface area contributed by atoms with E-state index in [2.05, 4.69) is 47.8 Å². The molecule has 0 amide bonds. The van der Waals surface area contributed by atoms with Crippen LogP contribution in [0.3, 0.4) is 0 Å². The molecule has 1 spiro atoms. The fourth-order valence-corrected chi connectivity index (χ4v) is 4.07. The van der Waals surface area contributed by atoms with Crippen molar-refractivity contribution in [1.29, 1.82) is 0 Å². The fraction of sp³-hybridized carbons (Fsp3) is 1.00. The molecule has 0 aromatic rings. The number of piperidine rings is 1. The van der Waals surface area contributed by atoms with Gasteiger partial charge in [0.25, 0.3) is 0 Å². The van der Waals surface area contributed by atoms with Gasteiger partial charge >= 0.3 is 0 Å². The van der Waals surface area contributed by atoms with Crippen LogP contribution in [0.25, 0.3) is 0 Å². The minimum atomic E-state index is 0.620. The summed E-state index contributed by atoms with van der Waals surface area (Å²) in [6, 6.07) is 0. The van der Waals surface area contributed by atoms with Gasteiger partial charge in [-0.05, 0) is 99.6 Å². The van der Waals surface area contributed by atoms with E-state index in [4.69, 9.17) is 4.74 Å². The Hall–Kier alpha value is -0.200. The highest BCUT2D eigenvalue weighted by atomic mass is 16.5. The van der Waals surface area contributed by atoms with E-state index in [1.54, 1.807) is 0 Å². The first-order chi connectivity index (χ1) is 15.5. The summed E-state index contributed by atoms with van der Waals surface area (Å²) in [5.41, 5.74) is 0.620. The molecule has 0 atom stereocenters. The van der Waals surface area contributed by atoms with Gasteiger partial charge < -0.3 is 24.3 Å². The number of likely N-dealkylation sites (tertiary alicyclic amines) is 4. The van der Waals surface area contributed by atoms with Crippen molar-refractivity contribution >= 4 is 0 Å². The van der Waals surface area contributed by atoms with Gasteiger partial charge in [0.05, 0.1) is 13.2 Å². The Morgan fingerprint density at radius 1 is 0.438 bits per heavy atom. The minimum Gasteiger partial charge on any atom is -0.380 e. The zero-order valence-electron chi connectivity index (χ0n) is 24.0. The summed E-state index contributed by atoms with van der Waals surface area (Å²) in [6.45, 7) is 24.5. The molecule has 0 unspecified atom stereocenters. The lowest BCUT2D eigenvalue weighted by atomic mass is 9.79. The first-order valence-corrected chi connectivity index (χ1v) is 13.8. The summed E-state index contributed by atoms with van der Waals surface area (Å²) in [5.74, 6) is 0. The Kier molecular flexibility index (Phi) is 24.0. The van der Waals surface area contributed by atoms with Crippen LogP contribution in [0.5, 0.6) is 0 Å². The first kappa shape index (κ1) is 34.0. The highest BCUT2D eigenvalue weighted by Gasteiger charge is 2.47. The van der Waals surface area contributed by atoms with Crippen molar-refractivity contribution in [2.45, 2.75) is 80.1 Å². The highest BCUT2D eigenvalue weighted by molar-refractivity contribution is 4.97. The third-order valence-corrected chi connectivity index (χ3v) is 6.02. The van der Waals surface area contributed by atoms with Crippen molar-refractivity contribution < 1.29 is 4.74 Å². The van der Waals surface area contributed by atoms with E-state index in [1.165, 1.54) is 90.9 Å². The van der Waals surface area contributed by atoms with E-state index < -0.39 is 0 Å². The van der Waals surface area contributed by atoms with Crippen molar-refractivity contribution in [2.24, 2.45) is 5.41 Å². The van der Waals surface area contributed by atoms with Gasteiger partial charge in [-0.15, -0.1) is 0 Å². The standard InChI is InChI=1S/C6H11NO.C6H13N.C5H11N.C4H9N.3C2H6/c1-7-2-6(3-7)4-8-5-6;1-7-5-3-2-4-6-7;1-6-4-2-3-5-6;1-5-3-2-4-5;3*1-2/h2-5H2,1H3;2-6H2,1H3;2-5H2,1H3;2-4H2,1H3;3*1-2H3. The highest BCUT2D eigenvalue weighted by Crippen LogP contribution is 2.35. The number of rotatable bonds is 0. The molecule has 0 aromatic carbocycles. The average molecular weight is 459 g/mol. The molecule has 0 aromatic heterocycles. The predicted octanol–water partition coefficient (Wildman–Crippen LogP) is 5.16. The molecule has 5 rings (SSSR count). The average Bonchev–Trinajstić information content (AvgIpc) is 3.26. The maximum Gasteiger partial charge on any atom is 0.0569 e. The molecule has 32 heavy (non-hydrogen) atoms. The zero-order chi connectivity index (χ0) is 24.8. The third kappa shape index (κ3) is 16.4. The maximum atomic E-state index is 5.10. The van der Waals surface area contributed by atoms with Gasteiger partial charge in [-0.1, -0.05) is 48.0 Å². The van der Waals surface area contributed by atoms with Crippen LogP contribution in [0, 0.1) is 5.41 Å². The number of hydrogen-bond donors (Lipinski definition) is 0. The molecule has 0 bridgehead atoms. The van der Waals surface area contributed by atoms with Gasteiger partial charge in [-0.3, -0.25) is 0 Å². The minimum absolute atomic E-state index is 0.620. The van der Waals surface area contributed by atoms with Gasteiger partial charge in [-0.25, -0.2) is 0 Å². The van der Waals surface area contributed by atoms with Crippen LogP contribution in [0.2, 0.25) is 0 Å². The maximum absolute atomic E-state index is 5.10. The SMILES string of the molecule is CC.CC.CC.CN1CC2(COC2)C1.CN1CCC1.CN1CCCC1.CN1CCCCC1. The van der Waals surface area contributed by atoms with Gasteiger partial charge in [0.1, 0.15) is 0 Å². The van der Waals surface area contributed by atoms with E-state index in [1.807, 2.05) is 41.5 Å². The van der Waals surface area contributed by atoms with E-state index in [0.29, 0.717) is 5.41 Å². The molecule has 196 valence electrons. The molecular formula is C27H62N4O. The third-order valence-electron chi connectivity index (χ3n) is 6.02. The van der Waals surface area contributed by atoms with E-state index in [0.717, 1.165) is 13.2 Å². The van der Waals surface area contributed by atoms with Crippen molar-refractivity contribution in [3.05, 3.63) is 0 Å². The first-order valence-electron chi connectivity index (χ1n) is 13.8. The van der Waals surface area contributed by atoms with Gasteiger partial charge in [0.2, 0.25) is 0 Å². The lowest BCUT2D eigenvalue weighted by Gasteiger charge is -2.53. The molecule has 5 fully saturated rings. The summed E-state index contributed by atoms with van der Waals surface area (Å²) < 4.78 is 5.10. The summed E-state index contributed by atoms with van der Waals surface area (Å²) in [6.07, 6.45) is 8.51. The Balaban J connectivity index is 0. The largest absolute Gasteiger partial charge is 0.380 e. The van der Waals surface area contributed by atoms with Crippen molar-refractivity contribution in [3.8, 4) is 0 Å². The van der Waals surface area contributed by atoms with Crippen LogP contribution in [0.1, 0.15) is 80.1 Å². The van der Waals surface area contributed by atoms with Crippen LogP contribution < -0.4 is 0 Å². The number of ether oxygens (including phenoxy) is 1. The second-order valence-corrected chi connectivity index (χ2v) is 9.20. The van der Waals surface area contributed by atoms with Crippen molar-refractivity contribution in [2.75, 3.05) is 93.8 Å². The molecule has 0 aliphatic carbocycles. The topological polar surface area (TPSA) is 22.2 Å². The van der Waals surface area contributed by atoms with Crippen LogP contribution in [0.15, 0.2) is 0 Å².